The van der Waals surface area contributed by atoms with Crippen molar-refractivity contribution >= 4 is 31.1 Å². The second-order valence-corrected chi connectivity index (χ2v) is 8.19. The van der Waals surface area contributed by atoms with Crippen molar-refractivity contribution in [1.82, 2.24) is 0 Å². The Kier molecular flexibility index (Phi) is 4.47. The Bertz CT molecular complexity index is 461. The molecule has 0 atom stereocenters. The summed E-state index contributed by atoms with van der Waals surface area (Å²) in [4.78, 5) is 0.912. The van der Waals surface area contributed by atoms with Crippen molar-refractivity contribution < 1.29 is 13.2 Å². The zero-order valence-electron chi connectivity index (χ0n) is 9.39. The Balaban J connectivity index is 1.89. The normalized spacial score (nSPS) is 18.4. The van der Waals surface area contributed by atoms with Crippen LogP contribution in [0.4, 0.5) is 0 Å². The summed E-state index contributed by atoms with van der Waals surface area (Å²) in [6.45, 7) is 0.488. The van der Waals surface area contributed by atoms with Crippen molar-refractivity contribution in [2.45, 2.75) is 49.0 Å². The first-order valence-corrected chi connectivity index (χ1v) is 8.83. The van der Waals surface area contributed by atoms with Crippen molar-refractivity contribution in [3.8, 4) is 0 Å². The molecule has 0 unspecified atom stereocenters. The standard InChI is InChI=1S/C11H15ClO3S2/c12-17(13,14)11-7-6-10(16-11)8-15-9-4-2-1-3-5-9/h6-7,9H,1-5,8H2. The SMILES string of the molecule is O=S(=O)(Cl)c1ccc(COC2CCCCC2)s1. The van der Waals surface area contributed by atoms with Gasteiger partial charge in [-0.2, -0.15) is 0 Å². The molecule has 6 heteroatoms. The van der Waals surface area contributed by atoms with Gasteiger partial charge in [-0.1, -0.05) is 19.3 Å². The monoisotopic (exact) mass is 294 g/mol. The van der Waals surface area contributed by atoms with E-state index >= 15 is 0 Å². The fourth-order valence-electron chi connectivity index (χ4n) is 2.00. The fraction of sp³-hybridized carbons (Fsp3) is 0.636. The van der Waals surface area contributed by atoms with E-state index in [9.17, 15) is 8.42 Å². The lowest BCUT2D eigenvalue weighted by molar-refractivity contribution is 0.0182. The first-order valence-electron chi connectivity index (χ1n) is 5.71. The molecule has 0 N–H and O–H groups in total. The van der Waals surface area contributed by atoms with Crippen LogP contribution in [0.5, 0.6) is 0 Å². The lowest BCUT2D eigenvalue weighted by Gasteiger charge is -2.21. The lowest BCUT2D eigenvalue weighted by atomic mass is 9.98. The van der Waals surface area contributed by atoms with E-state index in [2.05, 4.69) is 0 Å². The summed E-state index contributed by atoms with van der Waals surface area (Å²) in [6.07, 6.45) is 6.33. The summed E-state index contributed by atoms with van der Waals surface area (Å²) >= 11 is 1.18. The molecule has 1 fully saturated rings. The minimum Gasteiger partial charge on any atom is -0.373 e. The third-order valence-corrected chi connectivity index (χ3v) is 6.04. The van der Waals surface area contributed by atoms with Gasteiger partial charge in [-0.05, 0) is 25.0 Å². The molecule has 0 saturated heterocycles. The van der Waals surface area contributed by atoms with E-state index in [0.717, 1.165) is 17.7 Å². The Labute approximate surface area is 110 Å². The van der Waals surface area contributed by atoms with E-state index in [0.29, 0.717) is 12.7 Å². The Morgan fingerprint density at radius 1 is 1.29 bits per heavy atom. The second-order valence-electron chi connectivity index (χ2n) is 4.23. The zero-order valence-corrected chi connectivity index (χ0v) is 11.8. The van der Waals surface area contributed by atoms with Crippen LogP contribution >= 0.6 is 22.0 Å². The van der Waals surface area contributed by atoms with Crippen LogP contribution in [0.15, 0.2) is 16.3 Å². The van der Waals surface area contributed by atoms with Gasteiger partial charge >= 0.3 is 0 Å². The highest BCUT2D eigenvalue weighted by Crippen LogP contribution is 2.27. The van der Waals surface area contributed by atoms with Crippen molar-refractivity contribution in [3.63, 3.8) is 0 Å². The fourth-order valence-corrected chi connectivity index (χ4v) is 4.04. The Morgan fingerprint density at radius 3 is 2.59 bits per heavy atom. The molecule has 1 aliphatic rings. The van der Waals surface area contributed by atoms with Crippen LogP contribution in [0.3, 0.4) is 0 Å². The van der Waals surface area contributed by atoms with Crippen molar-refractivity contribution in [2.24, 2.45) is 0 Å². The molecule has 1 aliphatic carbocycles. The minimum atomic E-state index is -3.59. The van der Waals surface area contributed by atoms with Crippen molar-refractivity contribution in [2.75, 3.05) is 0 Å². The summed E-state index contributed by atoms with van der Waals surface area (Å²) in [5, 5.41) is 0. The van der Waals surface area contributed by atoms with E-state index in [-0.39, 0.29) is 4.21 Å². The highest BCUT2D eigenvalue weighted by Gasteiger charge is 2.16. The number of ether oxygens (including phenoxy) is 1. The summed E-state index contributed by atoms with van der Waals surface area (Å²) in [5.41, 5.74) is 0. The molecule has 1 saturated carbocycles. The number of hydrogen-bond acceptors (Lipinski definition) is 4. The van der Waals surface area contributed by atoms with Gasteiger partial charge in [-0.15, -0.1) is 11.3 Å². The van der Waals surface area contributed by atoms with E-state index in [1.54, 1.807) is 6.07 Å². The van der Waals surface area contributed by atoms with Gasteiger partial charge in [-0.3, -0.25) is 0 Å². The van der Waals surface area contributed by atoms with Gasteiger partial charge < -0.3 is 4.74 Å². The maximum Gasteiger partial charge on any atom is 0.270 e. The molecule has 3 nitrogen and oxygen atoms in total. The van der Waals surface area contributed by atoms with E-state index in [1.165, 1.54) is 36.7 Å². The maximum atomic E-state index is 11.1. The van der Waals surface area contributed by atoms with E-state index < -0.39 is 9.05 Å². The third kappa shape index (κ3) is 3.95. The quantitative estimate of drug-likeness (QED) is 0.798. The molecule has 0 amide bonds. The molecule has 17 heavy (non-hydrogen) atoms. The molecule has 0 aromatic carbocycles. The second kappa shape index (κ2) is 5.69. The molecule has 1 heterocycles. The van der Waals surface area contributed by atoms with Crippen LogP contribution in [0.1, 0.15) is 37.0 Å². The molecule has 1 aromatic rings. The number of thiophene rings is 1. The minimum absolute atomic E-state index is 0.196. The predicted molar refractivity (Wildman–Crippen MR) is 69.0 cm³/mol. The van der Waals surface area contributed by atoms with Crippen LogP contribution in [-0.2, 0) is 20.4 Å². The molecule has 0 radical (unpaired) electrons. The van der Waals surface area contributed by atoms with Gasteiger partial charge in [0.2, 0.25) is 0 Å². The van der Waals surface area contributed by atoms with Gasteiger partial charge in [0.25, 0.3) is 9.05 Å². The molecule has 96 valence electrons. The van der Waals surface area contributed by atoms with E-state index in [4.69, 9.17) is 15.4 Å². The summed E-state index contributed by atoms with van der Waals surface area (Å²) in [6, 6.07) is 3.30. The number of hydrogen-bond donors (Lipinski definition) is 0. The van der Waals surface area contributed by atoms with Crippen LogP contribution in [0.2, 0.25) is 0 Å². The van der Waals surface area contributed by atoms with Crippen molar-refractivity contribution in [3.05, 3.63) is 17.0 Å². The van der Waals surface area contributed by atoms with Crippen LogP contribution in [-0.4, -0.2) is 14.5 Å². The molecule has 0 spiro atoms. The molecule has 0 bridgehead atoms. The highest BCUT2D eigenvalue weighted by atomic mass is 35.7. The van der Waals surface area contributed by atoms with Gasteiger partial charge in [0.1, 0.15) is 4.21 Å². The first-order chi connectivity index (χ1) is 8.05. The summed E-state index contributed by atoms with van der Waals surface area (Å²) < 4.78 is 28.1. The molecular formula is C11H15ClO3S2. The van der Waals surface area contributed by atoms with Crippen molar-refractivity contribution in [1.29, 1.82) is 0 Å². The Hall–Kier alpha value is -0.100. The van der Waals surface area contributed by atoms with Gasteiger partial charge in [0.15, 0.2) is 0 Å². The molecule has 0 aliphatic heterocycles. The molecule has 2 rings (SSSR count). The van der Waals surface area contributed by atoms with Gasteiger partial charge in [0.05, 0.1) is 12.7 Å². The highest BCUT2D eigenvalue weighted by molar-refractivity contribution is 8.15. The average Bonchev–Trinajstić information content (AvgIpc) is 2.76. The zero-order chi connectivity index (χ0) is 12.3. The lowest BCUT2D eigenvalue weighted by Crippen LogP contribution is -2.15. The van der Waals surface area contributed by atoms with Crippen LogP contribution in [0, 0.1) is 0 Å². The smallest absolute Gasteiger partial charge is 0.270 e. The topological polar surface area (TPSA) is 43.4 Å². The van der Waals surface area contributed by atoms with Crippen LogP contribution < -0.4 is 0 Å². The van der Waals surface area contributed by atoms with E-state index in [1.807, 2.05) is 0 Å². The largest absolute Gasteiger partial charge is 0.373 e. The molecular weight excluding hydrogens is 280 g/mol. The first kappa shape index (κ1) is 13.3. The maximum absolute atomic E-state index is 11.1. The summed E-state index contributed by atoms with van der Waals surface area (Å²) in [5.74, 6) is 0. The number of halogens is 1. The van der Waals surface area contributed by atoms with Crippen LogP contribution in [0.25, 0.3) is 0 Å². The van der Waals surface area contributed by atoms with Gasteiger partial charge in [0, 0.05) is 15.6 Å². The number of rotatable bonds is 4. The van der Waals surface area contributed by atoms with Gasteiger partial charge in [-0.25, -0.2) is 8.42 Å². The average molecular weight is 295 g/mol. The third-order valence-electron chi connectivity index (χ3n) is 2.89. The predicted octanol–water partition coefficient (Wildman–Crippen LogP) is 3.52. The Morgan fingerprint density at radius 2 is 2.00 bits per heavy atom. The summed E-state index contributed by atoms with van der Waals surface area (Å²) in [7, 11) is 1.67. The molecule has 1 aromatic heterocycles.